The van der Waals surface area contributed by atoms with Crippen molar-refractivity contribution in [2.24, 2.45) is 11.8 Å². The molecule has 0 saturated carbocycles. The second-order valence-electron chi connectivity index (χ2n) is 4.31. The first-order valence-corrected chi connectivity index (χ1v) is 5.58. The zero-order valence-corrected chi connectivity index (χ0v) is 9.81. The third-order valence-electron chi connectivity index (χ3n) is 2.66. The number of nitrogens with one attached hydrogen (secondary N) is 1. The second kappa shape index (κ2) is 6.28. The molecule has 0 radical (unpaired) electrons. The standard InChI is InChI=1S/C13H19NO2/c1-10(2)12(13(15)16)9-14-8-11-6-4-3-5-7-11/h3-7,10,12,14H,8-9H2,1-2H3,(H,15,16). The fourth-order valence-electron chi connectivity index (χ4n) is 1.58. The van der Waals surface area contributed by atoms with E-state index in [4.69, 9.17) is 5.11 Å². The highest BCUT2D eigenvalue weighted by atomic mass is 16.4. The van der Waals surface area contributed by atoms with Crippen molar-refractivity contribution in [1.82, 2.24) is 5.32 Å². The van der Waals surface area contributed by atoms with Gasteiger partial charge in [0.25, 0.3) is 0 Å². The minimum absolute atomic E-state index is 0.153. The van der Waals surface area contributed by atoms with E-state index >= 15 is 0 Å². The van der Waals surface area contributed by atoms with E-state index in [0.717, 1.165) is 6.54 Å². The van der Waals surface area contributed by atoms with Crippen LogP contribution in [0.3, 0.4) is 0 Å². The molecule has 3 heteroatoms. The minimum Gasteiger partial charge on any atom is -0.481 e. The van der Waals surface area contributed by atoms with Gasteiger partial charge in [-0.05, 0) is 11.5 Å². The molecule has 0 bridgehead atoms. The molecule has 0 aliphatic rings. The van der Waals surface area contributed by atoms with Crippen LogP contribution in [0.5, 0.6) is 0 Å². The Hall–Kier alpha value is -1.35. The Bertz CT molecular complexity index is 322. The van der Waals surface area contributed by atoms with Gasteiger partial charge in [-0.1, -0.05) is 44.2 Å². The molecular formula is C13H19NO2. The van der Waals surface area contributed by atoms with Gasteiger partial charge in [0.1, 0.15) is 0 Å². The van der Waals surface area contributed by atoms with Crippen LogP contribution < -0.4 is 5.32 Å². The van der Waals surface area contributed by atoms with E-state index in [2.05, 4.69) is 5.32 Å². The summed E-state index contributed by atoms with van der Waals surface area (Å²) >= 11 is 0. The molecule has 16 heavy (non-hydrogen) atoms. The van der Waals surface area contributed by atoms with Crippen LogP contribution in [0, 0.1) is 11.8 Å². The third-order valence-corrected chi connectivity index (χ3v) is 2.66. The van der Waals surface area contributed by atoms with Crippen LogP contribution >= 0.6 is 0 Å². The van der Waals surface area contributed by atoms with Crippen LogP contribution in [-0.2, 0) is 11.3 Å². The van der Waals surface area contributed by atoms with E-state index in [-0.39, 0.29) is 11.8 Å². The fourth-order valence-corrected chi connectivity index (χ4v) is 1.58. The largest absolute Gasteiger partial charge is 0.481 e. The van der Waals surface area contributed by atoms with Crippen LogP contribution in [0.15, 0.2) is 30.3 Å². The highest BCUT2D eigenvalue weighted by molar-refractivity contribution is 5.70. The quantitative estimate of drug-likeness (QED) is 0.773. The summed E-state index contributed by atoms with van der Waals surface area (Å²) in [5.74, 6) is -0.889. The Labute approximate surface area is 96.5 Å². The fraction of sp³-hybridized carbons (Fsp3) is 0.462. The van der Waals surface area contributed by atoms with Gasteiger partial charge in [0.05, 0.1) is 5.92 Å². The highest BCUT2D eigenvalue weighted by Gasteiger charge is 2.20. The first-order chi connectivity index (χ1) is 7.61. The van der Waals surface area contributed by atoms with Crippen molar-refractivity contribution in [3.63, 3.8) is 0 Å². The van der Waals surface area contributed by atoms with Crippen LogP contribution in [0.1, 0.15) is 19.4 Å². The summed E-state index contributed by atoms with van der Waals surface area (Å²) in [6, 6.07) is 9.98. The number of carbonyl (C=O) groups is 1. The second-order valence-corrected chi connectivity index (χ2v) is 4.31. The summed E-state index contributed by atoms with van der Waals surface area (Å²) in [7, 11) is 0. The Morgan fingerprint density at radius 1 is 1.31 bits per heavy atom. The summed E-state index contributed by atoms with van der Waals surface area (Å²) in [5, 5.41) is 12.2. The number of hydrogen-bond acceptors (Lipinski definition) is 2. The summed E-state index contributed by atoms with van der Waals surface area (Å²) < 4.78 is 0. The van der Waals surface area contributed by atoms with E-state index in [0.29, 0.717) is 6.54 Å². The van der Waals surface area contributed by atoms with Gasteiger partial charge >= 0.3 is 5.97 Å². The molecule has 0 aliphatic heterocycles. The van der Waals surface area contributed by atoms with Crippen molar-refractivity contribution in [2.45, 2.75) is 20.4 Å². The molecule has 1 unspecified atom stereocenters. The number of benzene rings is 1. The van der Waals surface area contributed by atoms with Gasteiger partial charge in [-0.25, -0.2) is 0 Å². The molecule has 1 aromatic rings. The van der Waals surface area contributed by atoms with Crippen LogP contribution in [0.2, 0.25) is 0 Å². The van der Waals surface area contributed by atoms with E-state index in [1.54, 1.807) is 0 Å². The van der Waals surface area contributed by atoms with E-state index in [1.807, 2.05) is 44.2 Å². The average Bonchev–Trinajstić information content (AvgIpc) is 2.24. The van der Waals surface area contributed by atoms with Crippen LogP contribution in [0.25, 0.3) is 0 Å². The lowest BCUT2D eigenvalue weighted by Gasteiger charge is -2.16. The number of hydrogen-bond donors (Lipinski definition) is 2. The van der Waals surface area contributed by atoms with Gasteiger partial charge in [0, 0.05) is 13.1 Å². The molecule has 0 aliphatic carbocycles. The summed E-state index contributed by atoms with van der Waals surface area (Å²) in [4.78, 5) is 10.9. The van der Waals surface area contributed by atoms with Crippen molar-refractivity contribution in [1.29, 1.82) is 0 Å². The Morgan fingerprint density at radius 3 is 2.44 bits per heavy atom. The molecule has 0 amide bonds. The van der Waals surface area contributed by atoms with E-state index in [9.17, 15) is 4.79 Å². The SMILES string of the molecule is CC(C)C(CNCc1ccccc1)C(=O)O. The third kappa shape index (κ3) is 4.03. The van der Waals surface area contributed by atoms with Crippen molar-refractivity contribution in [3.8, 4) is 0 Å². The van der Waals surface area contributed by atoms with E-state index in [1.165, 1.54) is 5.56 Å². The molecule has 3 nitrogen and oxygen atoms in total. The molecule has 0 spiro atoms. The highest BCUT2D eigenvalue weighted by Crippen LogP contribution is 2.10. The maximum atomic E-state index is 10.9. The molecular weight excluding hydrogens is 202 g/mol. The van der Waals surface area contributed by atoms with E-state index < -0.39 is 5.97 Å². The molecule has 1 aromatic carbocycles. The maximum absolute atomic E-state index is 10.9. The summed E-state index contributed by atoms with van der Waals surface area (Å²) in [5.41, 5.74) is 1.18. The molecule has 0 saturated heterocycles. The molecule has 88 valence electrons. The van der Waals surface area contributed by atoms with Gasteiger partial charge in [0.2, 0.25) is 0 Å². The smallest absolute Gasteiger partial charge is 0.308 e. The number of aliphatic carboxylic acids is 1. The molecule has 1 rings (SSSR count). The number of rotatable bonds is 6. The molecule has 2 N–H and O–H groups in total. The van der Waals surface area contributed by atoms with Gasteiger partial charge in [-0.3, -0.25) is 4.79 Å². The molecule has 0 aromatic heterocycles. The lowest BCUT2D eigenvalue weighted by molar-refractivity contribution is -0.143. The minimum atomic E-state index is -0.726. The van der Waals surface area contributed by atoms with Crippen LogP contribution in [0.4, 0.5) is 0 Å². The van der Waals surface area contributed by atoms with Gasteiger partial charge in [-0.2, -0.15) is 0 Å². The predicted molar refractivity (Wildman–Crippen MR) is 64.1 cm³/mol. The summed E-state index contributed by atoms with van der Waals surface area (Å²) in [6.07, 6.45) is 0. The molecule has 0 heterocycles. The average molecular weight is 221 g/mol. The van der Waals surface area contributed by atoms with Crippen molar-refractivity contribution < 1.29 is 9.90 Å². The summed E-state index contributed by atoms with van der Waals surface area (Å²) in [6.45, 7) is 5.10. The lowest BCUT2D eigenvalue weighted by atomic mass is 9.96. The monoisotopic (exact) mass is 221 g/mol. The number of carboxylic acids is 1. The first-order valence-electron chi connectivity index (χ1n) is 5.58. The van der Waals surface area contributed by atoms with Crippen LogP contribution in [-0.4, -0.2) is 17.6 Å². The topological polar surface area (TPSA) is 49.3 Å². The zero-order chi connectivity index (χ0) is 12.0. The predicted octanol–water partition coefficient (Wildman–Crippen LogP) is 2.13. The molecule has 1 atom stereocenters. The van der Waals surface area contributed by atoms with Crippen molar-refractivity contribution in [3.05, 3.63) is 35.9 Å². The first kappa shape index (κ1) is 12.7. The van der Waals surface area contributed by atoms with Crippen molar-refractivity contribution >= 4 is 5.97 Å². The Morgan fingerprint density at radius 2 is 1.94 bits per heavy atom. The van der Waals surface area contributed by atoms with Gasteiger partial charge < -0.3 is 10.4 Å². The lowest BCUT2D eigenvalue weighted by Crippen LogP contribution is -2.31. The van der Waals surface area contributed by atoms with Gasteiger partial charge in [-0.15, -0.1) is 0 Å². The Balaban J connectivity index is 2.37. The van der Waals surface area contributed by atoms with Gasteiger partial charge in [0.15, 0.2) is 0 Å². The Kier molecular flexibility index (Phi) is 4.99. The number of carboxylic acid groups (broad SMARTS) is 1. The maximum Gasteiger partial charge on any atom is 0.308 e. The zero-order valence-electron chi connectivity index (χ0n) is 9.81. The normalized spacial score (nSPS) is 12.7. The molecule has 0 fully saturated rings. The van der Waals surface area contributed by atoms with Crippen molar-refractivity contribution in [2.75, 3.05) is 6.54 Å².